The van der Waals surface area contributed by atoms with Crippen molar-refractivity contribution in [1.29, 1.82) is 0 Å². The molecule has 2 aliphatic carbocycles. The van der Waals surface area contributed by atoms with Crippen LogP contribution in [0, 0.1) is 11.3 Å². The highest BCUT2D eigenvalue weighted by molar-refractivity contribution is 6.99. The van der Waals surface area contributed by atoms with Crippen LogP contribution in [-0.4, -0.2) is 47.7 Å². The quantitative estimate of drug-likeness (QED) is 0.205. The minimum Gasteiger partial charge on any atom is -0.497 e. The van der Waals surface area contributed by atoms with Gasteiger partial charge in [-0.05, 0) is 51.9 Å². The minimum absolute atomic E-state index is 0.00251. The van der Waals surface area contributed by atoms with Crippen molar-refractivity contribution in [3.8, 4) is 5.75 Å². The van der Waals surface area contributed by atoms with E-state index in [0.29, 0.717) is 30.5 Å². The number of anilines is 1. The first-order valence-electron chi connectivity index (χ1n) is 15.7. The number of methoxy groups -OCH3 is 1. The fraction of sp³-hybridized carbons (Fsp3) is 0.361. The summed E-state index contributed by atoms with van der Waals surface area (Å²) >= 11 is 0. The average Bonchev–Trinajstić information content (AvgIpc) is 3.41. The second-order valence-corrected chi connectivity index (χ2v) is 17.9. The van der Waals surface area contributed by atoms with E-state index in [0.717, 1.165) is 29.8 Å². The van der Waals surface area contributed by atoms with Crippen molar-refractivity contribution in [2.45, 2.75) is 57.4 Å². The molecule has 7 rings (SSSR count). The maximum absolute atomic E-state index is 7.50. The van der Waals surface area contributed by atoms with Gasteiger partial charge in [-0.1, -0.05) is 93.6 Å². The molecule has 0 radical (unpaired) electrons. The lowest BCUT2D eigenvalue weighted by molar-refractivity contribution is 0.00483. The Morgan fingerprint density at radius 2 is 1.56 bits per heavy atom. The topological polar surface area (TPSA) is 97.3 Å². The number of imidazole rings is 1. The Hall–Kier alpha value is -4.05. The number of fused-ring (bicyclic) bond motifs is 2. The lowest BCUT2D eigenvalue weighted by atomic mass is 10.0. The Morgan fingerprint density at radius 1 is 0.889 bits per heavy atom. The van der Waals surface area contributed by atoms with E-state index in [9.17, 15) is 0 Å². The Kier molecular flexibility index (Phi) is 7.50. The first-order chi connectivity index (χ1) is 21.8. The maximum Gasteiger partial charge on any atom is 0.261 e. The van der Waals surface area contributed by atoms with Gasteiger partial charge < -0.3 is 24.2 Å². The number of benzene rings is 3. The van der Waals surface area contributed by atoms with Crippen molar-refractivity contribution in [1.82, 2.24) is 19.5 Å². The number of hydrogen-bond donors (Lipinski definition) is 1. The van der Waals surface area contributed by atoms with Crippen LogP contribution in [0.15, 0.2) is 97.6 Å². The van der Waals surface area contributed by atoms with Gasteiger partial charge in [-0.25, -0.2) is 15.0 Å². The smallest absolute Gasteiger partial charge is 0.261 e. The lowest BCUT2D eigenvalue weighted by Crippen LogP contribution is -2.67. The molecule has 0 spiro atoms. The molecule has 2 fully saturated rings. The summed E-state index contributed by atoms with van der Waals surface area (Å²) in [7, 11) is -1.01. The summed E-state index contributed by atoms with van der Waals surface area (Å²) in [6.07, 6.45) is 5.31. The van der Waals surface area contributed by atoms with Crippen LogP contribution in [0.5, 0.6) is 5.75 Å². The molecule has 5 aromatic rings. The monoisotopic (exact) mass is 619 g/mol. The van der Waals surface area contributed by atoms with Crippen molar-refractivity contribution in [2.24, 2.45) is 11.3 Å². The standard InChI is InChI=1S/C36H41N5O3Si/c1-35(2,3)45(27-11-7-5-8-12-27,28-13-9-6-10-14-28)44-22-36-19-29(36)32(41-24-40-31-33(37)38-23-39-34(31)41)30(20-36)43-21-25-15-17-26(42-4)18-16-25/h5-18,23-24,29-30,32H,19-22H2,1-4H3,(H2,37,38,39)/t29-,30?,32-,36+/m1/s1. The first-order valence-corrected chi connectivity index (χ1v) is 17.6. The molecule has 232 valence electrons. The molecule has 9 heteroatoms. The molecule has 0 aliphatic heterocycles. The summed E-state index contributed by atoms with van der Waals surface area (Å²) in [5.41, 5.74) is 8.68. The van der Waals surface area contributed by atoms with Gasteiger partial charge >= 0.3 is 0 Å². The number of nitrogens with two attached hydrogens (primary N) is 1. The van der Waals surface area contributed by atoms with E-state index in [-0.39, 0.29) is 22.6 Å². The van der Waals surface area contributed by atoms with Crippen LogP contribution < -0.4 is 20.8 Å². The normalized spacial score (nSPS) is 22.8. The van der Waals surface area contributed by atoms with Crippen molar-refractivity contribution >= 4 is 35.7 Å². The molecule has 1 unspecified atom stereocenters. The molecule has 0 bridgehead atoms. The van der Waals surface area contributed by atoms with Crippen LogP contribution in [0.25, 0.3) is 11.2 Å². The van der Waals surface area contributed by atoms with Gasteiger partial charge in [-0.15, -0.1) is 0 Å². The molecule has 3 aromatic carbocycles. The van der Waals surface area contributed by atoms with E-state index in [1.54, 1.807) is 7.11 Å². The molecule has 2 saturated carbocycles. The molecule has 2 heterocycles. The Morgan fingerprint density at radius 3 is 2.18 bits per heavy atom. The SMILES string of the molecule is COc1ccc(COC2C[C@]3(CO[Si](c4ccccc4)(c4ccccc4)C(C)(C)C)C[C@@H]3[C@H]2n2cnc3c(N)ncnc32)cc1. The van der Waals surface area contributed by atoms with Crippen molar-refractivity contribution in [3.05, 3.63) is 103 Å². The van der Waals surface area contributed by atoms with Crippen molar-refractivity contribution in [2.75, 3.05) is 19.5 Å². The van der Waals surface area contributed by atoms with E-state index in [1.807, 2.05) is 18.5 Å². The van der Waals surface area contributed by atoms with Gasteiger partial charge in [0.2, 0.25) is 0 Å². The number of ether oxygens (including phenoxy) is 2. The molecule has 0 saturated heterocycles. The van der Waals surface area contributed by atoms with Gasteiger partial charge in [0.05, 0.1) is 32.2 Å². The highest BCUT2D eigenvalue weighted by atomic mass is 28.4. The minimum atomic E-state index is -2.69. The van der Waals surface area contributed by atoms with Gasteiger partial charge in [0.25, 0.3) is 8.32 Å². The fourth-order valence-corrected chi connectivity index (χ4v) is 12.3. The van der Waals surface area contributed by atoms with Crippen molar-refractivity contribution < 1.29 is 13.9 Å². The Balaban J connectivity index is 1.23. The first kappa shape index (κ1) is 29.6. The summed E-state index contributed by atoms with van der Waals surface area (Å²) in [5.74, 6) is 1.59. The third kappa shape index (κ3) is 5.12. The number of aromatic nitrogens is 4. The summed E-state index contributed by atoms with van der Waals surface area (Å²) in [4.78, 5) is 13.4. The van der Waals surface area contributed by atoms with E-state index < -0.39 is 8.32 Å². The maximum atomic E-state index is 7.50. The summed E-state index contributed by atoms with van der Waals surface area (Å²) in [6.45, 7) is 8.19. The molecule has 2 aromatic heterocycles. The van der Waals surface area contributed by atoms with Gasteiger partial charge in [-0.2, -0.15) is 0 Å². The second-order valence-electron chi connectivity index (χ2n) is 13.6. The Bertz CT molecular complexity index is 1730. The predicted octanol–water partition coefficient (Wildman–Crippen LogP) is 5.53. The van der Waals surface area contributed by atoms with E-state index in [4.69, 9.17) is 19.6 Å². The number of nitrogen functional groups attached to an aromatic ring is 1. The second kappa shape index (κ2) is 11.4. The number of nitrogens with zero attached hydrogens (tertiary/aromatic N) is 4. The molecular formula is C36H41N5O3Si. The van der Waals surface area contributed by atoms with Gasteiger partial charge in [-0.3, -0.25) is 0 Å². The van der Waals surface area contributed by atoms with Gasteiger partial charge in [0.15, 0.2) is 11.5 Å². The predicted molar refractivity (Wildman–Crippen MR) is 179 cm³/mol. The van der Waals surface area contributed by atoms with Crippen LogP contribution in [0.3, 0.4) is 0 Å². The van der Waals surface area contributed by atoms with E-state index in [2.05, 4.69) is 113 Å². The zero-order valence-electron chi connectivity index (χ0n) is 26.4. The summed E-state index contributed by atoms with van der Waals surface area (Å²) in [6, 6.07) is 29.9. The molecule has 2 N–H and O–H groups in total. The zero-order chi connectivity index (χ0) is 31.2. The summed E-state index contributed by atoms with van der Waals surface area (Å²) in [5, 5.41) is 2.51. The zero-order valence-corrected chi connectivity index (χ0v) is 27.4. The molecule has 4 atom stereocenters. The highest BCUT2D eigenvalue weighted by Gasteiger charge is 2.67. The highest BCUT2D eigenvalue weighted by Crippen LogP contribution is 2.69. The van der Waals surface area contributed by atoms with E-state index >= 15 is 0 Å². The molecular weight excluding hydrogens is 579 g/mol. The van der Waals surface area contributed by atoms with Crippen LogP contribution in [0.2, 0.25) is 5.04 Å². The van der Waals surface area contributed by atoms with Crippen molar-refractivity contribution in [3.63, 3.8) is 0 Å². The van der Waals surface area contributed by atoms with Crippen LogP contribution in [-0.2, 0) is 15.8 Å². The third-order valence-corrected chi connectivity index (χ3v) is 15.0. The number of hydrogen-bond acceptors (Lipinski definition) is 7. The van der Waals surface area contributed by atoms with E-state index in [1.165, 1.54) is 16.7 Å². The molecule has 8 nitrogen and oxygen atoms in total. The van der Waals surface area contributed by atoms with Gasteiger partial charge in [0, 0.05) is 12.0 Å². The lowest BCUT2D eigenvalue weighted by Gasteiger charge is -2.43. The molecule has 0 amide bonds. The Labute approximate surface area is 265 Å². The third-order valence-electron chi connectivity index (χ3n) is 9.98. The fourth-order valence-electron chi connectivity index (χ4n) is 7.66. The average molecular weight is 620 g/mol. The van der Waals surface area contributed by atoms with Gasteiger partial charge in [0.1, 0.15) is 17.6 Å². The molecule has 45 heavy (non-hydrogen) atoms. The largest absolute Gasteiger partial charge is 0.497 e. The number of rotatable bonds is 10. The van der Waals surface area contributed by atoms with Crippen LogP contribution in [0.1, 0.15) is 45.2 Å². The summed E-state index contributed by atoms with van der Waals surface area (Å²) < 4.78 is 21.8. The van der Waals surface area contributed by atoms with Crippen LogP contribution in [0.4, 0.5) is 5.82 Å². The van der Waals surface area contributed by atoms with Crippen LogP contribution >= 0.6 is 0 Å². The molecule has 2 aliphatic rings.